The second-order valence-corrected chi connectivity index (χ2v) is 3.74. The fourth-order valence-electron chi connectivity index (χ4n) is 1.62. The van der Waals surface area contributed by atoms with Crippen LogP contribution in [-0.4, -0.2) is 30.0 Å². The summed E-state index contributed by atoms with van der Waals surface area (Å²) in [5, 5.41) is 0. The molecule has 1 aromatic carbocycles. The summed E-state index contributed by atoms with van der Waals surface area (Å²) in [5.74, 6) is 1.56. The van der Waals surface area contributed by atoms with Crippen LogP contribution in [0, 0.1) is 0 Å². The van der Waals surface area contributed by atoms with Crippen molar-refractivity contribution in [3.05, 3.63) is 48.1 Å². The number of nitrogens with one attached hydrogen (secondary N) is 1. The molecule has 0 aliphatic rings. The van der Waals surface area contributed by atoms with Crippen molar-refractivity contribution < 1.29 is 14.3 Å². The number of aromatic nitrogens is 2. The van der Waals surface area contributed by atoms with E-state index in [0.717, 1.165) is 0 Å². The molecular formula is C14H14N2O3. The minimum absolute atomic E-state index is 0.174. The number of methoxy groups -OCH3 is 2. The number of aromatic amines is 1. The Morgan fingerprint density at radius 1 is 1.32 bits per heavy atom. The zero-order chi connectivity index (χ0) is 13.7. The maximum absolute atomic E-state index is 12.1. The number of allylic oxidation sites excluding steroid dienone is 1. The molecule has 5 nitrogen and oxygen atoms in total. The molecule has 0 saturated carbocycles. The number of H-pyrrole nitrogens is 1. The number of nitrogens with zero attached hydrogens (tertiary/aromatic N) is 1. The summed E-state index contributed by atoms with van der Waals surface area (Å²) in [6.07, 6.45) is 6.37. The fourth-order valence-corrected chi connectivity index (χ4v) is 1.62. The lowest BCUT2D eigenvalue weighted by molar-refractivity contribution is 0.104. The van der Waals surface area contributed by atoms with Gasteiger partial charge in [-0.1, -0.05) is 0 Å². The Morgan fingerprint density at radius 2 is 2.16 bits per heavy atom. The van der Waals surface area contributed by atoms with Crippen molar-refractivity contribution in [3.63, 3.8) is 0 Å². The van der Waals surface area contributed by atoms with Gasteiger partial charge in [-0.25, -0.2) is 4.98 Å². The van der Waals surface area contributed by atoms with E-state index < -0.39 is 0 Å². The van der Waals surface area contributed by atoms with Crippen molar-refractivity contribution >= 4 is 11.9 Å². The number of imidazole rings is 1. The van der Waals surface area contributed by atoms with Gasteiger partial charge in [0, 0.05) is 12.4 Å². The molecule has 2 aromatic rings. The molecule has 0 radical (unpaired) electrons. The van der Waals surface area contributed by atoms with Gasteiger partial charge in [0.05, 0.1) is 19.8 Å². The molecule has 98 valence electrons. The van der Waals surface area contributed by atoms with Crippen LogP contribution in [0.4, 0.5) is 0 Å². The Balaban J connectivity index is 2.27. The lowest BCUT2D eigenvalue weighted by Crippen LogP contribution is -1.99. The highest BCUT2D eigenvalue weighted by Gasteiger charge is 2.11. The van der Waals surface area contributed by atoms with Crippen LogP contribution < -0.4 is 9.47 Å². The highest BCUT2D eigenvalue weighted by molar-refractivity contribution is 6.08. The van der Waals surface area contributed by atoms with Gasteiger partial charge in [-0.05, 0) is 30.4 Å². The molecule has 1 N–H and O–H groups in total. The average Bonchev–Trinajstić information content (AvgIpc) is 2.97. The molecule has 0 saturated heterocycles. The van der Waals surface area contributed by atoms with Gasteiger partial charge < -0.3 is 14.5 Å². The second-order valence-electron chi connectivity index (χ2n) is 3.74. The number of rotatable bonds is 5. The number of ether oxygens (including phenoxy) is 2. The molecular weight excluding hydrogens is 244 g/mol. The Kier molecular flexibility index (Phi) is 3.97. The maximum atomic E-state index is 12.1. The molecule has 1 aromatic heterocycles. The summed E-state index contributed by atoms with van der Waals surface area (Å²) < 4.78 is 10.3. The molecule has 0 aliphatic carbocycles. The first-order chi connectivity index (χ1) is 9.24. The number of carbonyl (C=O) groups is 1. The molecule has 0 spiro atoms. The van der Waals surface area contributed by atoms with Crippen LogP contribution in [0.15, 0.2) is 36.7 Å². The summed E-state index contributed by atoms with van der Waals surface area (Å²) in [4.78, 5) is 19.0. The van der Waals surface area contributed by atoms with Crippen LogP contribution in [0.1, 0.15) is 16.2 Å². The Morgan fingerprint density at radius 3 is 2.79 bits per heavy atom. The first-order valence-corrected chi connectivity index (χ1v) is 5.68. The molecule has 1 heterocycles. The Labute approximate surface area is 110 Å². The van der Waals surface area contributed by atoms with Crippen LogP contribution in [0.3, 0.4) is 0 Å². The van der Waals surface area contributed by atoms with Gasteiger partial charge in [-0.3, -0.25) is 4.79 Å². The fraction of sp³-hybridized carbons (Fsp3) is 0.143. The zero-order valence-electron chi connectivity index (χ0n) is 10.7. The van der Waals surface area contributed by atoms with Gasteiger partial charge in [0.15, 0.2) is 5.78 Å². The summed E-state index contributed by atoms with van der Waals surface area (Å²) in [6.45, 7) is 0. The predicted molar refractivity (Wildman–Crippen MR) is 71.5 cm³/mol. The lowest BCUT2D eigenvalue weighted by atomic mass is 10.1. The highest BCUT2D eigenvalue weighted by Crippen LogP contribution is 2.24. The van der Waals surface area contributed by atoms with E-state index in [1.54, 1.807) is 43.8 Å². The Bertz CT molecular complexity index is 589. The molecule has 19 heavy (non-hydrogen) atoms. The van der Waals surface area contributed by atoms with E-state index in [1.165, 1.54) is 13.2 Å². The van der Waals surface area contributed by atoms with E-state index in [9.17, 15) is 4.79 Å². The Hall–Kier alpha value is -2.56. The largest absolute Gasteiger partial charge is 0.497 e. The van der Waals surface area contributed by atoms with Crippen molar-refractivity contribution in [1.29, 1.82) is 0 Å². The third-order valence-corrected chi connectivity index (χ3v) is 2.58. The van der Waals surface area contributed by atoms with Gasteiger partial charge in [0.1, 0.15) is 17.3 Å². The van der Waals surface area contributed by atoms with Gasteiger partial charge in [0.25, 0.3) is 0 Å². The number of hydrogen-bond donors (Lipinski definition) is 1. The number of benzene rings is 1. The number of carbonyl (C=O) groups excluding carboxylic acids is 1. The van der Waals surface area contributed by atoms with E-state index >= 15 is 0 Å². The zero-order valence-corrected chi connectivity index (χ0v) is 10.7. The second kappa shape index (κ2) is 5.86. The van der Waals surface area contributed by atoms with E-state index in [1.807, 2.05) is 0 Å². The standard InChI is InChI=1S/C14H14N2O3/c1-18-10-3-5-13(19-2)11(9-10)12(17)4-6-14-15-7-8-16-14/h3-9H,1-2H3,(H,15,16)/b6-4+. The van der Waals surface area contributed by atoms with E-state index in [2.05, 4.69) is 9.97 Å². The number of hydrogen-bond acceptors (Lipinski definition) is 4. The van der Waals surface area contributed by atoms with Crippen LogP contribution >= 0.6 is 0 Å². The first kappa shape index (κ1) is 12.9. The van der Waals surface area contributed by atoms with E-state index in [0.29, 0.717) is 22.9 Å². The van der Waals surface area contributed by atoms with E-state index in [4.69, 9.17) is 9.47 Å². The molecule has 0 fully saturated rings. The van der Waals surface area contributed by atoms with Gasteiger partial charge >= 0.3 is 0 Å². The summed E-state index contributed by atoms with van der Waals surface area (Å²) in [5.41, 5.74) is 0.449. The maximum Gasteiger partial charge on any atom is 0.189 e. The topological polar surface area (TPSA) is 64.2 Å². The van der Waals surface area contributed by atoms with Crippen molar-refractivity contribution in [1.82, 2.24) is 9.97 Å². The van der Waals surface area contributed by atoms with Crippen molar-refractivity contribution in [3.8, 4) is 11.5 Å². The predicted octanol–water partition coefficient (Wildman–Crippen LogP) is 2.32. The minimum atomic E-state index is -0.174. The molecule has 0 aliphatic heterocycles. The monoisotopic (exact) mass is 258 g/mol. The third kappa shape index (κ3) is 3.01. The number of ketones is 1. The minimum Gasteiger partial charge on any atom is -0.497 e. The van der Waals surface area contributed by atoms with Crippen molar-refractivity contribution in [2.24, 2.45) is 0 Å². The van der Waals surface area contributed by atoms with Gasteiger partial charge in [-0.15, -0.1) is 0 Å². The summed E-state index contributed by atoms with van der Waals surface area (Å²) in [7, 11) is 3.07. The van der Waals surface area contributed by atoms with Crippen LogP contribution in [0.5, 0.6) is 11.5 Å². The van der Waals surface area contributed by atoms with Crippen molar-refractivity contribution in [2.45, 2.75) is 0 Å². The summed E-state index contributed by atoms with van der Waals surface area (Å²) >= 11 is 0. The molecule has 0 unspecified atom stereocenters. The highest BCUT2D eigenvalue weighted by atomic mass is 16.5. The molecule has 0 bridgehead atoms. The summed E-state index contributed by atoms with van der Waals surface area (Å²) in [6, 6.07) is 5.09. The SMILES string of the molecule is COc1ccc(OC)c(C(=O)/C=C/c2ncc[nH]2)c1. The normalized spacial score (nSPS) is 10.6. The van der Waals surface area contributed by atoms with E-state index in [-0.39, 0.29) is 5.78 Å². The molecule has 0 atom stereocenters. The molecule has 2 rings (SSSR count). The van der Waals surface area contributed by atoms with Crippen LogP contribution in [0.2, 0.25) is 0 Å². The van der Waals surface area contributed by atoms with Gasteiger partial charge in [-0.2, -0.15) is 0 Å². The van der Waals surface area contributed by atoms with Gasteiger partial charge in [0.2, 0.25) is 0 Å². The van der Waals surface area contributed by atoms with Crippen LogP contribution in [0.25, 0.3) is 6.08 Å². The first-order valence-electron chi connectivity index (χ1n) is 5.68. The molecule has 5 heteroatoms. The third-order valence-electron chi connectivity index (χ3n) is 2.58. The van der Waals surface area contributed by atoms with Crippen LogP contribution in [-0.2, 0) is 0 Å². The van der Waals surface area contributed by atoms with Crippen molar-refractivity contribution in [2.75, 3.05) is 14.2 Å². The smallest absolute Gasteiger partial charge is 0.189 e. The quantitative estimate of drug-likeness (QED) is 0.660. The average molecular weight is 258 g/mol. The molecule has 0 amide bonds. The lowest BCUT2D eigenvalue weighted by Gasteiger charge is -2.07.